The molecule has 0 atom stereocenters. The van der Waals surface area contributed by atoms with Crippen molar-refractivity contribution in [2.75, 3.05) is 13.1 Å². The Hall–Kier alpha value is -2.59. The van der Waals surface area contributed by atoms with Gasteiger partial charge in [-0.15, -0.1) is 0 Å². The second kappa shape index (κ2) is 8.40. The van der Waals surface area contributed by atoms with Gasteiger partial charge in [0.2, 0.25) is 5.91 Å². The second-order valence-corrected chi connectivity index (χ2v) is 7.47. The van der Waals surface area contributed by atoms with Gasteiger partial charge in [0.05, 0.1) is 6.42 Å². The summed E-state index contributed by atoms with van der Waals surface area (Å²) in [6.45, 7) is 4.04. The Morgan fingerprint density at radius 3 is 2.52 bits per heavy atom. The van der Waals surface area contributed by atoms with E-state index in [0.29, 0.717) is 13.0 Å². The second-order valence-electron chi connectivity index (χ2n) is 7.47. The summed E-state index contributed by atoms with van der Waals surface area (Å²) in [5.74, 6) is 0.0529. The number of hydrogen-bond acceptors (Lipinski definition) is 2. The Morgan fingerprint density at radius 1 is 0.963 bits per heavy atom. The molecule has 1 aliphatic rings. The fourth-order valence-corrected chi connectivity index (χ4v) is 3.85. The van der Waals surface area contributed by atoms with E-state index >= 15 is 0 Å². The van der Waals surface area contributed by atoms with Crippen molar-refractivity contribution in [3.8, 4) is 0 Å². The molecule has 4 nitrogen and oxygen atoms in total. The van der Waals surface area contributed by atoms with Crippen molar-refractivity contribution >= 4 is 16.8 Å². The normalized spacial score (nSPS) is 15.1. The lowest BCUT2D eigenvalue weighted by Gasteiger charge is -2.26. The van der Waals surface area contributed by atoms with Gasteiger partial charge >= 0.3 is 0 Å². The molecule has 140 valence electrons. The molecule has 4 rings (SSSR count). The van der Waals surface area contributed by atoms with E-state index in [1.807, 2.05) is 24.4 Å². The van der Waals surface area contributed by atoms with E-state index < -0.39 is 0 Å². The average molecular weight is 361 g/mol. The quantitative estimate of drug-likeness (QED) is 0.697. The third-order valence-corrected chi connectivity index (χ3v) is 5.39. The number of rotatable bonds is 6. The van der Waals surface area contributed by atoms with Crippen LogP contribution in [0.15, 0.2) is 54.7 Å². The highest BCUT2D eigenvalue weighted by molar-refractivity contribution is 5.88. The highest BCUT2D eigenvalue weighted by Gasteiger charge is 2.11. The maximum atomic E-state index is 12.3. The van der Waals surface area contributed by atoms with Crippen molar-refractivity contribution in [1.29, 1.82) is 0 Å². The molecule has 0 spiro atoms. The minimum Gasteiger partial charge on any atom is -0.361 e. The molecular formula is C23H27N3O. The first-order valence-electron chi connectivity index (χ1n) is 9.90. The first-order chi connectivity index (χ1) is 13.3. The van der Waals surface area contributed by atoms with Crippen LogP contribution in [0.25, 0.3) is 10.9 Å². The monoisotopic (exact) mass is 361 g/mol. The molecule has 2 N–H and O–H groups in total. The summed E-state index contributed by atoms with van der Waals surface area (Å²) in [7, 11) is 0. The van der Waals surface area contributed by atoms with Crippen molar-refractivity contribution in [3.05, 3.63) is 71.4 Å². The highest BCUT2D eigenvalue weighted by atomic mass is 16.1. The third kappa shape index (κ3) is 4.58. The number of H-pyrrole nitrogens is 1. The van der Waals surface area contributed by atoms with E-state index in [1.54, 1.807) is 0 Å². The van der Waals surface area contributed by atoms with Gasteiger partial charge in [-0.05, 0) is 48.7 Å². The maximum Gasteiger partial charge on any atom is 0.224 e. The Kier molecular flexibility index (Phi) is 5.54. The van der Waals surface area contributed by atoms with Crippen LogP contribution in [0, 0.1) is 0 Å². The predicted octanol–water partition coefficient (Wildman–Crippen LogP) is 4.01. The number of carbonyl (C=O) groups excluding carboxylic acids is 1. The lowest BCUT2D eigenvalue weighted by Crippen LogP contribution is -2.29. The van der Waals surface area contributed by atoms with Crippen LogP contribution < -0.4 is 5.32 Å². The number of likely N-dealkylation sites (tertiary alicyclic amines) is 1. The number of para-hydroxylation sites is 1. The largest absolute Gasteiger partial charge is 0.361 e. The van der Waals surface area contributed by atoms with E-state index in [0.717, 1.165) is 28.6 Å². The minimum absolute atomic E-state index is 0.0529. The number of nitrogens with one attached hydrogen (secondary N) is 2. The van der Waals surface area contributed by atoms with Gasteiger partial charge in [0.15, 0.2) is 0 Å². The van der Waals surface area contributed by atoms with Crippen LogP contribution in [0.2, 0.25) is 0 Å². The lowest BCUT2D eigenvalue weighted by molar-refractivity contribution is -0.120. The number of carbonyl (C=O) groups is 1. The number of amides is 1. The molecule has 1 aromatic heterocycles. The van der Waals surface area contributed by atoms with Gasteiger partial charge in [0.25, 0.3) is 0 Å². The van der Waals surface area contributed by atoms with E-state index in [2.05, 4.69) is 45.5 Å². The molecule has 1 saturated heterocycles. The number of piperidine rings is 1. The van der Waals surface area contributed by atoms with E-state index in [1.165, 1.54) is 37.9 Å². The average Bonchev–Trinajstić information content (AvgIpc) is 3.11. The zero-order valence-electron chi connectivity index (χ0n) is 15.7. The van der Waals surface area contributed by atoms with Crippen molar-refractivity contribution in [3.63, 3.8) is 0 Å². The molecule has 2 aromatic carbocycles. The van der Waals surface area contributed by atoms with Crippen LogP contribution >= 0.6 is 0 Å². The molecule has 27 heavy (non-hydrogen) atoms. The summed E-state index contributed by atoms with van der Waals surface area (Å²) in [4.78, 5) is 18.1. The van der Waals surface area contributed by atoms with Gasteiger partial charge in [-0.1, -0.05) is 48.9 Å². The number of fused-ring (bicyclic) bond motifs is 1. The summed E-state index contributed by atoms with van der Waals surface area (Å²) in [6, 6.07) is 16.7. The van der Waals surface area contributed by atoms with Gasteiger partial charge < -0.3 is 10.3 Å². The zero-order chi connectivity index (χ0) is 18.5. The van der Waals surface area contributed by atoms with Crippen LogP contribution in [0.1, 0.15) is 36.0 Å². The molecule has 0 bridgehead atoms. The molecule has 1 fully saturated rings. The van der Waals surface area contributed by atoms with Crippen molar-refractivity contribution in [1.82, 2.24) is 15.2 Å². The predicted molar refractivity (Wildman–Crippen MR) is 109 cm³/mol. The summed E-state index contributed by atoms with van der Waals surface area (Å²) in [5, 5.41) is 4.16. The third-order valence-electron chi connectivity index (χ3n) is 5.39. The SMILES string of the molecule is O=C(Cc1c[nH]c2ccccc12)NCc1ccc(CN2CCCCC2)cc1. The smallest absolute Gasteiger partial charge is 0.224 e. The Morgan fingerprint density at radius 2 is 1.70 bits per heavy atom. The van der Waals surface area contributed by atoms with Crippen LogP contribution in [0.4, 0.5) is 0 Å². The first-order valence-corrected chi connectivity index (χ1v) is 9.90. The molecule has 4 heteroatoms. The van der Waals surface area contributed by atoms with E-state index in [4.69, 9.17) is 0 Å². The minimum atomic E-state index is 0.0529. The number of aromatic nitrogens is 1. The van der Waals surface area contributed by atoms with Crippen molar-refractivity contribution in [2.45, 2.75) is 38.8 Å². The molecule has 0 unspecified atom stereocenters. The summed E-state index contributed by atoms with van der Waals surface area (Å²) >= 11 is 0. The number of benzene rings is 2. The number of nitrogens with zero attached hydrogens (tertiary/aromatic N) is 1. The van der Waals surface area contributed by atoms with Crippen LogP contribution in [-0.2, 0) is 24.3 Å². The summed E-state index contributed by atoms with van der Waals surface area (Å²) < 4.78 is 0. The number of aromatic amines is 1. The van der Waals surface area contributed by atoms with Gasteiger partial charge in [0, 0.05) is 30.2 Å². The standard InChI is InChI=1S/C23H27N3O/c27-23(14-20-16-24-22-7-3-2-6-21(20)22)25-15-18-8-10-19(11-9-18)17-26-12-4-1-5-13-26/h2-3,6-11,16,24H,1,4-5,12-15,17H2,(H,25,27). The van der Waals surface area contributed by atoms with Crippen LogP contribution in [-0.4, -0.2) is 28.9 Å². The topological polar surface area (TPSA) is 48.1 Å². The maximum absolute atomic E-state index is 12.3. The van der Waals surface area contributed by atoms with Crippen molar-refractivity contribution in [2.24, 2.45) is 0 Å². The molecule has 0 aliphatic carbocycles. The first kappa shape index (κ1) is 17.8. The molecule has 1 amide bonds. The molecule has 1 aliphatic heterocycles. The highest BCUT2D eigenvalue weighted by Crippen LogP contribution is 2.18. The molecular weight excluding hydrogens is 334 g/mol. The lowest BCUT2D eigenvalue weighted by atomic mass is 10.1. The van der Waals surface area contributed by atoms with Gasteiger partial charge in [-0.25, -0.2) is 0 Å². The van der Waals surface area contributed by atoms with Gasteiger partial charge in [-0.3, -0.25) is 9.69 Å². The fraction of sp³-hybridized carbons (Fsp3) is 0.348. The van der Waals surface area contributed by atoms with Gasteiger partial charge in [0.1, 0.15) is 0 Å². The van der Waals surface area contributed by atoms with Crippen LogP contribution in [0.3, 0.4) is 0 Å². The Labute approximate surface area is 160 Å². The zero-order valence-corrected chi connectivity index (χ0v) is 15.7. The molecule has 3 aromatic rings. The summed E-state index contributed by atoms with van der Waals surface area (Å²) in [5.41, 5.74) is 4.61. The molecule has 0 radical (unpaired) electrons. The molecule has 0 saturated carbocycles. The fourth-order valence-electron chi connectivity index (χ4n) is 3.85. The molecule has 2 heterocycles. The number of hydrogen-bond donors (Lipinski definition) is 2. The van der Waals surface area contributed by atoms with E-state index in [9.17, 15) is 4.79 Å². The van der Waals surface area contributed by atoms with Gasteiger partial charge in [-0.2, -0.15) is 0 Å². The Bertz CT molecular complexity index is 891. The van der Waals surface area contributed by atoms with Crippen molar-refractivity contribution < 1.29 is 4.79 Å². The van der Waals surface area contributed by atoms with Crippen LogP contribution in [0.5, 0.6) is 0 Å². The Balaban J connectivity index is 1.28. The van der Waals surface area contributed by atoms with E-state index in [-0.39, 0.29) is 5.91 Å². The summed E-state index contributed by atoms with van der Waals surface area (Å²) in [6.07, 6.45) is 6.34.